The molecule has 1 aliphatic heterocycles. The number of aromatic nitrogens is 2. The van der Waals surface area contributed by atoms with Crippen molar-refractivity contribution in [1.29, 1.82) is 0 Å². The van der Waals surface area contributed by atoms with E-state index in [1.807, 2.05) is 18.2 Å². The zero-order valence-corrected chi connectivity index (χ0v) is 17.7. The van der Waals surface area contributed by atoms with E-state index in [0.717, 1.165) is 5.56 Å². The molecule has 3 aromatic rings. The third-order valence-electron chi connectivity index (χ3n) is 5.24. The van der Waals surface area contributed by atoms with Gasteiger partial charge in [0.1, 0.15) is 0 Å². The fraction of sp³-hybridized carbons (Fsp3) is 0.217. The Morgan fingerprint density at radius 3 is 2.06 bits per heavy atom. The number of hydrogen-bond acceptors (Lipinski definition) is 5. The minimum atomic E-state index is -0.109. The number of piperazine rings is 1. The van der Waals surface area contributed by atoms with Crippen LogP contribution < -0.4 is 4.74 Å². The standard InChI is InChI=1S/C23H21ClN4O3/c1-31-21-11-10-20(25-26-21)16-6-8-17(9-7-16)22(29)27-12-14-28(15-13-27)23(30)18-4-2-3-5-19(18)24/h2-11H,12-15H2,1H3. The molecule has 2 aromatic carbocycles. The van der Waals surface area contributed by atoms with Gasteiger partial charge in [0.15, 0.2) is 0 Å². The van der Waals surface area contributed by atoms with Gasteiger partial charge in [0.25, 0.3) is 11.8 Å². The molecular formula is C23H21ClN4O3. The molecule has 8 heteroatoms. The summed E-state index contributed by atoms with van der Waals surface area (Å²) in [6.07, 6.45) is 0. The Balaban J connectivity index is 1.38. The highest BCUT2D eigenvalue weighted by Gasteiger charge is 2.26. The van der Waals surface area contributed by atoms with E-state index in [4.69, 9.17) is 16.3 Å². The number of ether oxygens (including phenoxy) is 1. The minimum Gasteiger partial charge on any atom is -0.480 e. The Morgan fingerprint density at radius 1 is 0.839 bits per heavy atom. The molecule has 158 valence electrons. The zero-order chi connectivity index (χ0) is 21.8. The van der Waals surface area contributed by atoms with Gasteiger partial charge in [-0.25, -0.2) is 0 Å². The van der Waals surface area contributed by atoms with Gasteiger partial charge in [0.2, 0.25) is 5.88 Å². The van der Waals surface area contributed by atoms with E-state index < -0.39 is 0 Å². The first-order valence-corrected chi connectivity index (χ1v) is 10.3. The molecule has 4 rings (SSSR count). The number of halogens is 1. The van der Waals surface area contributed by atoms with E-state index in [2.05, 4.69) is 10.2 Å². The topological polar surface area (TPSA) is 75.6 Å². The van der Waals surface area contributed by atoms with Crippen LogP contribution in [-0.4, -0.2) is 65.1 Å². The fourth-order valence-electron chi connectivity index (χ4n) is 3.47. The molecule has 31 heavy (non-hydrogen) atoms. The van der Waals surface area contributed by atoms with Crippen LogP contribution >= 0.6 is 11.6 Å². The summed E-state index contributed by atoms with van der Waals surface area (Å²) >= 11 is 6.14. The number of carbonyl (C=O) groups is 2. The maximum atomic E-state index is 12.9. The molecule has 0 N–H and O–H groups in total. The first-order chi connectivity index (χ1) is 15.1. The van der Waals surface area contributed by atoms with Gasteiger partial charge in [-0.05, 0) is 30.3 Å². The third kappa shape index (κ3) is 4.51. The van der Waals surface area contributed by atoms with Crippen LogP contribution in [-0.2, 0) is 0 Å². The first-order valence-electron chi connectivity index (χ1n) is 9.88. The molecule has 1 aromatic heterocycles. The van der Waals surface area contributed by atoms with Crippen LogP contribution in [0.25, 0.3) is 11.3 Å². The van der Waals surface area contributed by atoms with Crippen molar-refractivity contribution in [3.8, 4) is 17.1 Å². The fourth-order valence-corrected chi connectivity index (χ4v) is 3.68. The largest absolute Gasteiger partial charge is 0.480 e. The van der Waals surface area contributed by atoms with E-state index in [9.17, 15) is 9.59 Å². The van der Waals surface area contributed by atoms with Gasteiger partial charge in [-0.1, -0.05) is 35.9 Å². The SMILES string of the molecule is COc1ccc(-c2ccc(C(=O)N3CCN(C(=O)c4ccccc4Cl)CC3)cc2)nn1. The zero-order valence-electron chi connectivity index (χ0n) is 17.0. The summed E-state index contributed by atoms with van der Waals surface area (Å²) in [5.41, 5.74) is 2.64. The first kappa shape index (κ1) is 20.8. The molecule has 0 radical (unpaired) electrons. The van der Waals surface area contributed by atoms with E-state index in [1.165, 1.54) is 7.11 Å². The number of nitrogens with zero attached hydrogens (tertiary/aromatic N) is 4. The number of benzene rings is 2. The second-order valence-electron chi connectivity index (χ2n) is 7.10. The second kappa shape index (κ2) is 9.14. The average Bonchev–Trinajstić information content (AvgIpc) is 2.84. The van der Waals surface area contributed by atoms with Gasteiger partial charge in [0.05, 0.1) is 23.4 Å². The van der Waals surface area contributed by atoms with Gasteiger partial charge in [-0.15, -0.1) is 10.2 Å². The molecule has 0 saturated carbocycles. The lowest BCUT2D eigenvalue weighted by Gasteiger charge is -2.35. The second-order valence-corrected chi connectivity index (χ2v) is 7.51. The quantitative estimate of drug-likeness (QED) is 0.626. The highest BCUT2D eigenvalue weighted by atomic mass is 35.5. The molecule has 7 nitrogen and oxygen atoms in total. The predicted octanol–water partition coefficient (Wildman–Crippen LogP) is 3.40. The molecular weight excluding hydrogens is 416 g/mol. The Labute approximate surface area is 185 Å². The van der Waals surface area contributed by atoms with E-state index in [0.29, 0.717) is 53.9 Å². The summed E-state index contributed by atoms with van der Waals surface area (Å²) in [7, 11) is 1.54. The van der Waals surface area contributed by atoms with Gasteiger partial charge in [0, 0.05) is 43.4 Å². The Kier molecular flexibility index (Phi) is 6.13. The Hall–Kier alpha value is -3.45. The lowest BCUT2D eigenvalue weighted by Crippen LogP contribution is -2.50. The molecule has 0 aliphatic carbocycles. The van der Waals surface area contributed by atoms with Gasteiger partial charge in [-0.2, -0.15) is 0 Å². The lowest BCUT2D eigenvalue weighted by atomic mass is 10.1. The van der Waals surface area contributed by atoms with Gasteiger partial charge in [-0.3, -0.25) is 9.59 Å². The van der Waals surface area contributed by atoms with Crippen molar-refractivity contribution in [3.63, 3.8) is 0 Å². The molecule has 0 bridgehead atoms. The van der Waals surface area contributed by atoms with Crippen molar-refractivity contribution < 1.29 is 14.3 Å². The summed E-state index contributed by atoms with van der Waals surface area (Å²) in [4.78, 5) is 29.1. The van der Waals surface area contributed by atoms with Gasteiger partial charge < -0.3 is 14.5 Å². The van der Waals surface area contributed by atoms with Crippen molar-refractivity contribution in [3.05, 3.63) is 76.8 Å². The maximum absolute atomic E-state index is 12.9. The summed E-state index contributed by atoms with van der Waals surface area (Å²) in [6.45, 7) is 1.88. The molecule has 0 unspecified atom stereocenters. The van der Waals surface area contributed by atoms with Crippen molar-refractivity contribution in [2.45, 2.75) is 0 Å². The van der Waals surface area contributed by atoms with Crippen molar-refractivity contribution in [1.82, 2.24) is 20.0 Å². The number of rotatable bonds is 4. The Morgan fingerprint density at radius 2 is 1.48 bits per heavy atom. The summed E-state index contributed by atoms with van der Waals surface area (Å²) in [6, 6.07) is 17.8. The maximum Gasteiger partial charge on any atom is 0.255 e. The van der Waals surface area contributed by atoms with Gasteiger partial charge >= 0.3 is 0 Å². The summed E-state index contributed by atoms with van der Waals surface area (Å²) < 4.78 is 5.02. The van der Waals surface area contributed by atoms with Crippen molar-refractivity contribution in [2.24, 2.45) is 0 Å². The summed E-state index contributed by atoms with van der Waals surface area (Å²) in [5, 5.41) is 8.53. The normalized spacial score (nSPS) is 13.7. The summed E-state index contributed by atoms with van der Waals surface area (Å²) in [5.74, 6) is 0.280. The van der Waals surface area contributed by atoms with Crippen LogP contribution in [0.1, 0.15) is 20.7 Å². The molecule has 1 fully saturated rings. The van der Waals surface area contributed by atoms with Crippen LogP contribution in [0.5, 0.6) is 5.88 Å². The number of carbonyl (C=O) groups excluding carboxylic acids is 2. The third-order valence-corrected chi connectivity index (χ3v) is 5.56. The van der Waals surface area contributed by atoms with Crippen LogP contribution in [0.15, 0.2) is 60.7 Å². The molecule has 0 atom stereocenters. The lowest BCUT2D eigenvalue weighted by molar-refractivity contribution is 0.0535. The predicted molar refractivity (Wildman–Crippen MR) is 117 cm³/mol. The smallest absolute Gasteiger partial charge is 0.255 e. The van der Waals surface area contributed by atoms with E-state index in [-0.39, 0.29) is 11.8 Å². The van der Waals surface area contributed by atoms with Crippen LogP contribution in [0, 0.1) is 0 Å². The minimum absolute atomic E-state index is 0.0581. The van der Waals surface area contributed by atoms with Crippen molar-refractivity contribution >= 4 is 23.4 Å². The average molecular weight is 437 g/mol. The van der Waals surface area contributed by atoms with Crippen LogP contribution in [0.2, 0.25) is 5.02 Å². The highest BCUT2D eigenvalue weighted by molar-refractivity contribution is 6.33. The van der Waals surface area contributed by atoms with Crippen LogP contribution in [0.3, 0.4) is 0 Å². The monoisotopic (exact) mass is 436 g/mol. The van der Waals surface area contributed by atoms with Crippen molar-refractivity contribution in [2.75, 3.05) is 33.3 Å². The van der Waals surface area contributed by atoms with E-state index in [1.54, 1.807) is 52.3 Å². The number of methoxy groups -OCH3 is 1. The highest BCUT2D eigenvalue weighted by Crippen LogP contribution is 2.21. The molecule has 1 saturated heterocycles. The Bertz CT molecular complexity index is 1080. The molecule has 2 amide bonds. The molecule has 2 heterocycles. The number of hydrogen-bond donors (Lipinski definition) is 0. The molecule has 0 spiro atoms. The van der Waals surface area contributed by atoms with Crippen LogP contribution in [0.4, 0.5) is 0 Å². The molecule has 1 aliphatic rings. The van der Waals surface area contributed by atoms with E-state index >= 15 is 0 Å². The number of amides is 2.